The van der Waals surface area contributed by atoms with Crippen molar-refractivity contribution in [3.05, 3.63) is 18.1 Å². The molecule has 1 fully saturated rings. The minimum Gasteiger partial charge on any atom is -0.480 e. The van der Waals surface area contributed by atoms with Crippen LogP contribution in [0.2, 0.25) is 0 Å². The van der Waals surface area contributed by atoms with E-state index in [2.05, 4.69) is 15.3 Å². The summed E-state index contributed by atoms with van der Waals surface area (Å²) >= 11 is 0. The van der Waals surface area contributed by atoms with Crippen LogP contribution in [0, 0.1) is 5.92 Å². The zero-order valence-corrected chi connectivity index (χ0v) is 9.67. The zero-order chi connectivity index (χ0) is 13.1. The molecule has 1 aromatic rings. The third kappa shape index (κ3) is 2.93. The number of aromatic nitrogens is 2. The van der Waals surface area contributed by atoms with Gasteiger partial charge in [-0.15, -0.1) is 0 Å². The summed E-state index contributed by atoms with van der Waals surface area (Å²) in [6, 6.07) is -0.897. The standard InChI is InChI=1S/C11H14N4O3/c12-9-8(13-3-4-14-9)10(16)15-7(11(17)18)5-6-1-2-6/h3-4,6-7H,1-2,5H2,(H2,12,14)(H,15,16)(H,17,18). The van der Waals surface area contributed by atoms with Crippen molar-refractivity contribution < 1.29 is 14.7 Å². The number of nitrogens with one attached hydrogen (secondary N) is 1. The van der Waals surface area contributed by atoms with Crippen LogP contribution >= 0.6 is 0 Å². The highest BCUT2D eigenvalue weighted by molar-refractivity contribution is 5.98. The fourth-order valence-electron chi connectivity index (χ4n) is 1.66. The van der Waals surface area contributed by atoms with E-state index in [0.29, 0.717) is 12.3 Å². The number of hydrogen-bond acceptors (Lipinski definition) is 5. The maximum atomic E-state index is 11.8. The van der Waals surface area contributed by atoms with E-state index in [-0.39, 0.29) is 11.5 Å². The average molecular weight is 250 g/mol. The van der Waals surface area contributed by atoms with E-state index < -0.39 is 17.9 Å². The van der Waals surface area contributed by atoms with Crippen molar-refractivity contribution in [1.82, 2.24) is 15.3 Å². The number of nitrogens with zero attached hydrogens (tertiary/aromatic N) is 2. The molecule has 0 bridgehead atoms. The molecule has 1 heterocycles. The Balaban J connectivity index is 2.04. The number of carbonyl (C=O) groups is 2. The summed E-state index contributed by atoms with van der Waals surface area (Å²) in [5, 5.41) is 11.5. The molecule has 1 unspecified atom stereocenters. The highest BCUT2D eigenvalue weighted by Crippen LogP contribution is 2.33. The Labute approximate surface area is 103 Å². The summed E-state index contributed by atoms with van der Waals surface area (Å²) < 4.78 is 0. The largest absolute Gasteiger partial charge is 0.480 e. The van der Waals surface area contributed by atoms with Gasteiger partial charge in [-0.1, -0.05) is 12.8 Å². The lowest BCUT2D eigenvalue weighted by Gasteiger charge is -2.13. The molecule has 0 aromatic carbocycles. The van der Waals surface area contributed by atoms with Gasteiger partial charge in [0.05, 0.1) is 0 Å². The molecule has 1 aliphatic rings. The first-order chi connectivity index (χ1) is 8.58. The van der Waals surface area contributed by atoms with Crippen molar-refractivity contribution in [2.24, 2.45) is 5.92 Å². The lowest BCUT2D eigenvalue weighted by molar-refractivity contribution is -0.139. The second kappa shape index (κ2) is 4.99. The van der Waals surface area contributed by atoms with Crippen LogP contribution in [0.15, 0.2) is 12.4 Å². The van der Waals surface area contributed by atoms with Crippen molar-refractivity contribution in [1.29, 1.82) is 0 Å². The van der Waals surface area contributed by atoms with Crippen LogP contribution < -0.4 is 11.1 Å². The van der Waals surface area contributed by atoms with E-state index in [9.17, 15) is 9.59 Å². The van der Waals surface area contributed by atoms with E-state index in [0.717, 1.165) is 12.8 Å². The molecule has 0 spiro atoms. The fraction of sp³-hybridized carbons (Fsp3) is 0.455. The second-order valence-electron chi connectivity index (χ2n) is 4.33. The van der Waals surface area contributed by atoms with Crippen LogP contribution in [-0.2, 0) is 4.79 Å². The molecular weight excluding hydrogens is 236 g/mol. The van der Waals surface area contributed by atoms with Crippen LogP contribution in [-0.4, -0.2) is 33.0 Å². The normalized spacial score (nSPS) is 16.0. The summed E-state index contributed by atoms with van der Waals surface area (Å²) in [6.07, 6.45) is 5.19. The van der Waals surface area contributed by atoms with Crippen molar-refractivity contribution in [3.8, 4) is 0 Å². The Hall–Kier alpha value is -2.18. The number of carboxylic acids is 1. The van der Waals surface area contributed by atoms with E-state index in [1.54, 1.807) is 0 Å². The number of carboxylic acid groups (broad SMARTS) is 1. The van der Waals surface area contributed by atoms with Crippen molar-refractivity contribution in [2.75, 3.05) is 5.73 Å². The lowest BCUT2D eigenvalue weighted by Crippen LogP contribution is -2.41. The topological polar surface area (TPSA) is 118 Å². The number of amides is 1. The maximum Gasteiger partial charge on any atom is 0.326 e. The van der Waals surface area contributed by atoms with Crippen LogP contribution in [0.1, 0.15) is 29.8 Å². The molecule has 1 aromatic heterocycles. The minimum absolute atomic E-state index is 0.00874. The van der Waals surface area contributed by atoms with Gasteiger partial charge in [-0.3, -0.25) is 4.79 Å². The molecule has 1 saturated carbocycles. The molecule has 1 amide bonds. The van der Waals surface area contributed by atoms with E-state index in [4.69, 9.17) is 10.8 Å². The summed E-state index contributed by atoms with van der Waals surface area (Å²) in [6.45, 7) is 0. The minimum atomic E-state index is -1.04. The molecule has 4 N–H and O–H groups in total. The van der Waals surface area contributed by atoms with Crippen LogP contribution in [0.25, 0.3) is 0 Å². The second-order valence-corrected chi connectivity index (χ2v) is 4.33. The van der Waals surface area contributed by atoms with Gasteiger partial charge in [0.15, 0.2) is 11.5 Å². The number of nitrogens with two attached hydrogens (primary N) is 1. The Morgan fingerprint density at radius 3 is 2.67 bits per heavy atom. The first kappa shape index (κ1) is 12.3. The van der Waals surface area contributed by atoms with E-state index in [1.807, 2.05) is 0 Å². The van der Waals surface area contributed by atoms with Gasteiger partial charge >= 0.3 is 5.97 Å². The number of anilines is 1. The van der Waals surface area contributed by atoms with Gasteiger partial charge in [-0.05, 0) is 12.3 Å². The molecule has 7 heteroatoms. The van der Waals surface area contributed by atoms with Crippen molar-refractivity contribution in [2.45, 2.75) is 25.3 Å². The number of hydrogen-bond donors (Lipinski definition) is 3. The molecule has 0 radical (unpaired) electrons. The first-order valence-electron chi connectivity index (χ1n) is 5.68. The average Bonchev–Trinajstić information content (AvgIpc) is 3.12. The van der Waals surface area contributed by atoms with Crippen LogP contribution in [0.3, 0.4) is 0 Å². The monoisotopic (exact) mass is 250 g/mol. The molecule has 1 aliphatic carbocycles. The van der Waals surface area contributed by atoms with Crippen molar-refractivity contribution in [3.63, 3.8) is 0 Å². The highest BCUT2D eigenvalue weighted by atomic mass is 16.4. The molecule has 18 heavy (non-hydrogen) atoms. The third-order valence-electron chi connectivity index (χ3n) is 2.81. The fourth-order valence-corrected chi connectivity index (χ4v) is 1.66. The smallest absolute Gasteiger partial charge is 0.326 e. The van der Waals surface area contributed by atoms with E-state index >= 15 is 0 Å². The number of carbonyl (C=O) groups excluding carboxylic acids is 1. The number of nitrogen functional groups attached to an aromatic ring is 1. The van der Waals surface area contributed by atoms with Crippen LogP contribution in [0.4, 0.5) is 5.82 Å². The molecule has 0 saturated heterocycles. The number of aliphatic carboxylic acids is 1. The predicted octanol–water partition coefficient (Wildman–Crippen LogP) is 0.0419. The molecule has 96 valence electrons. The highest BCUT2D eigenvalue weighted by Gasteiger charge is 2.30. The van der Waals surface area contributed by atoms with Gasteiger partial charge in [-0.2, -0.15) is 0 Å². The summed E-state index contributed by atoms with van der Waals surface area (Å²) in [7, 11) is 0. The Kier molecular flexibility index (Phi) is 3.40. The summed E-state index contributed by atoms with van der Waals surface area (Å²) in [5.74, 6) is -1.26. The molecule has 0 aliphatic heterocycles. The van der Waals surface area contributed by atoms with Gasteiger partial charge in [0.2, 0.25) is 0 Å². The molecule has 2 rings (SSSR count). The number of rotatable bonds is 5. The maximum absolute atomic E-state index is 11.8. The Morgan fingerprint density at radius 1 is 1.44 bits per heavy atom. The van der Waals surface area contributed by atoms with Gasteiger partial charge < -0.3 is 16.2 Å². The molecular formula is C11H14N4O3. The van der Waals surface area contributed by atoms with Crippen molar-refractivity contribution >= 4 is 17.7 Å². The molecule has 7 nitrogen and oxygen atoms in total. The van der Waals surface area contributed by atoms with Gasteiger partial charge in [0, 0.05) is 12.4 Å². The van der Waals surface area contributed by atoms with Crippen LogP contribution in [0.5, 0.6) is 0 Å². The Morgan fingerprint density at radius 2 is 2.11 bits per heavy atom. The zero-order valence-electron chi connectivity index (χ0n) is 9.67. The summed E-state index contributed by atoms with van der Waals surface area (Å²) in [4.78, 5) is 30.4. The summed E-state index contributed by atoms with van der Waals surface area (Å²) in [5.41, 5.74) is 5.46. The predicted molar refractivity (Wildman–Crippen MR) is 62.7 cm³/mol. The van der Waals surface area contributed by atoms with Gasteiger partial charge in [0.1, 0.15) is 6.04 Å². The third-order valence-corrected chi connectivity index (χ3v) is 2.81. The Bertz CT molecular complexity index is 473. The quantitative estimate of drug-likeness (QED) is 0.679. The van der Waals surface area contributed by atoms with Gasteiger partial charge in [-0.25, -0.2) is 14.8 Å². The SMILES string of the molecule is Nc1nccnc1C(=O)NC(CC1CC1)C(=O)O. The van der Waals surface area contributed by atoms with E-state index in [1.165, 1.54) is 12.4 Å². The lowest BCUT2D eigenvalue weighted by atomic mass is 10.1. The molecule has 1 atom stereocenters. The first-order valence-corrected chi connectivity index (χ1v) is 5.68. The van der Waals surface area contributed by atoms with Gasteiger partial charge in [0.25, 0.3) is 5.91 Å².